The molecular formula is C5H8BrNO4S. The van der Waals surface area contributed by atoms with Gasteiger partial charge in [-0.25, -0.2) is 0 Å². The lowest BCUT2D eigenvalue weighted by molar-refractivity contribution is 0.381. The molecule has 0 saturated heterocycles. The molecule has 0 aliphatic heterocycles. The van der Waals surface area contributed by atoms with Gasteiger partial charge >= 0.3 is 10.4 Å². The normalized spacial score (nSPS) is 8.83. The molecular weight excluding hydrogens is 250 g/mol. The summed E-state index contributed by atoms with van der Waals surface area (Å²) in [6.45, 7) is 0. The van der Waals surface area contributed by atoms with Crippen molar-refractivity contribution in [1.29, 1.82) is 0 Å². The van der Waals surface area contributed by atoms with Crippen LogP contribution in [0.3, 0.4) is 0 Å². The van der Waals surface area contributed by atoms with Gasteiger partial charge in [-0.05, 0) is 12.1 Å². The fourth-order valence-electron chi connectivity index (χ4n) is 0.313. The van der Waals surface area contributed by atoms with Crippen LogP contribution < -0.4 is 0 Å². The average Bonchev–Trinajstić information content (AvgIpc) is 1.88. The maximum Gasteiger partial charge on any atom is 0.394 e. The standard InChI is InChI=1S/C5H5N.BrH.H2O4S/c1-2-4-6-5-3-1;;1-5(2,3)4/h1-5H;1H;(H2,1,2,3,4). The summed E-state index contributed by atoms with van der Waals surface area (Å²) in [7, 11) is -4.67. The Bertz CT molecular complexity index is 240. The topological polar surface area (TPSA) is 87.5 Å². The van der Waals surface area contributed by atoms with E-state index in [0.29, 0.717) is 0 Å². The first-order valence-corrected chi connectivity index (χ1v) is 3.95. The van der Waals surface area contributed by atoms with E-state index in [1.54, 1.807) is 12.4 Å². The van der Waals surface area contributed by atoms with Gasteiger partial charge < -0.3 is 0 Å². The zero-order valence-electron chi connectivity index (χ0n) is 5.86. The molecule has 2 N–H and O–H groups in total. The Morgan fingerprint density at radius 3 is 1.42 bits per heavy atom. The van der Waals surface area contributed by atoms with Crippen molar-refractivity contribution in [3.05, 3.63) is 30.6 Å². The van der Waals surface area contributed by atoms with E-state index in [1.807, 2.05) is 18.2 Å². The van der Waals surface area contributed by atoms with Crippen LogP contribution in [-0.4, -0.2) is 22.5 Å². The van der Waals surface area contributed by atoms with Gasteiger partial charge in [0.2, 0.25) is 0 Å². The molecule has 12 heavy (non-hydrogen) atoms. The first-order valence-electron chi connectivity index (χ1n) is 2.55. The van der Waals surface area contributed by atoms with E-state index in [2.05, 4.69) is 4.98 Å². The van der Waals surface area contributed by atoms with E-state index in [9.17, 15) is 0 Å². The van der Waals surface area contributed by atoms with Gasteiger partial charge in [-0.3, -0.25) is 14.1 Å². The van der Waals surface area contributed by atoms with Crippen LogP contribution in [0, 0.1) is 0 Å². The van der Waals surface area contributed by atoms with Crippen molar-refractivity contribution in [2.75, 3.05) is 0 Å². The maximum atomic E-state index is 8.74. The summed E-state index contributed by atoms with van der Waals surface area (Å²) < 4.78 is 31.6. The van der Waals surface area contributed by atoms with E-state index in [4.69, 9.17) is 17.5 Å². The lowest BCUT2D eigenvalue weighted by Gasteiger charge is -1.70. The molecule has 0 spiro atoms. The Morgan fingerprint density at radius 2 is 1.33 bits per heavy atom. The van der Waals surface area contributed by atoms with Crippen molar-refractivity contribution in [3.63, 3.8) is 0 Å². The molecule has 0 bridgehead atoms. The molecule has 70 valence electrons. The molecule has 1 heterocycles. The molecule has 0 unspecified atom stereocenters. The van der Waals surface area contributed by atoms with Crippen LogP contribution in [0.25, 0.3) is 0 Å². The van der Waals surface area contributed by atoms with Gasteiger partial charge in [0, 0.05) is 12.4 Å². The van der Waals surface area contributed by atoms with E-state index in [0.717, 1.165) is 0 Å². The third-order valence-electron chi connectivity index (χ3n) is 0.566. The molecule has 0 aliphatic rings. The maximum absolute atomic E-state index is 8.74. The molecule has 0 aliphatic carbocycles. The zero-order chi connectivity index (χ0) is 8.74. The lowest BCUT2D eigenvalue weighted by Crippen LogP contribution is -1.89. The van der Waals surface area contributed by atoms with Crippen LogP contribution in [0.1, 0.15) is 0 Å². The molecule has 7 heteroatoms. The SMILES string of the molecule is Br.O=S(=O)(O)O.c1ccncc1. The van der Waals surface area contributed by atoms with Crippen LogP contribution >= 0.6 is 17.0 Å². The second kappa shape index (κ2) is 7.17. The highest BCUT2D eigenvalue weighted by Gasteiger charge is 1.84. The van der Waals surface area contributed by atoms with Gasteiger partial charge in [-0.15, -0.1) is 17.0 Å². The molecule has 0 fully saturated rings. The van der Waals surface area contributed by atoms with Crippen molar-refractivity contribution in [2.24, 2.45) is 0 Å². The highest BCUT2D eigenvalue weighted by Crippen LogP contribution is 1.73. The van der Waals surface area contributed by atoms with Crippen LogP contribution in [0.4, 0.5) is 0 Å². The van der Waals surface area contributed by atoms with Crippen molar-refractivity contribution >= 4 is 27.4 Å². The monoisotopic (exact) mass is 257 g/mol. The Hall–Kier alpha value is -0.500. The van der Waals surface area contributed by atoms with Crippen LogP contribution in [0.5, 0.6) is 0 Å². The lowest BCUT2D eigenvalue weighted by atomic mass is 10.5. The van der Waals surface area contributed by atoms with Crippen molar-refractivity contribution in [1.82, 2.24) is 4.98 Å². The number of rotatable bonds is 0. The van der Waals surface area contributed by atoms with Crippen LogP contribution in [-0.2, 0) is 10.4 Å². The molecule has 0 amide bonds. The van der Waals surface area contributed by atoms with Crippen molar-refractivity contribution < 1.29 is 17.5 Å². The number of hydrogen-bond donors (Lipinski definition) is 2. The van der Waals surface area contributed by atoms with E-state index in [1.165, 1.54) is 0 Å². The fraction of sp³-hybridized carbons (Fsp3) is 0. The predicted octanol–water partition coefficient (Wildman–Crippen LogP) is 1.01. The second-order valence-corrected chi connectivity index (χ2v) is 2.37. The Kier molecular flexibility index (Phi) is 8.39. The Balaban J connectivity index is 0. The summed E-state index contributed by atoms with van der Waals surface area (Å²) in [6.07, 6.45) is 3.50. The molecule has 5 nitrogen and oxygen atoms in total. The van der Waals surface area contributed by atoms with Gasteiger partial charge in [0.05, 0.1) is 0 Å². The average molecular weight is 258 g/mol. The van der Waals surface area contributed by atoms with Gasteiger partial charge in [-0.2, -0.15) is 8.42 Å². The summed E-state index contributed by atoms with van der Waals surface area (Å²) in [5.41, 5.74) is 0. The molecule has 0 radical (unpaired) electrons. The minimum atomic E-state index is -4.67. The van der Waals surface area contributed by atoms with Crippen molar-refractivity contribution in [2.45, 2.75) is 0 Å². The number of nitrogens with zero attached hydrogens (tertiary/aromatic N) is 1. The Labute approximate surface area is 80.8 Å². The number of pyridine rings is 1. The summed E-state index contributed by atoms with van der Waals surface area (Å²) in [4.78, 5) is 3.78. The zero-order valence-corrected chi connectivity index (χ0v) is 8.39. The highest BCUT2D eigenvalue weighted by molar-refractivity contribution is 8.93. The van der Waals surface area contributed by atoms with E-state index in [-0.39, 0.29) is 17.0 Å². The molecule has 0 aromatic carbocycles. The number of aromatic nitrogens is 1. The van der Waals surface area contributed by atoms with Crippen LogP contribution in [0.15, 0.2) is 30.6 Å². The number of hydrogen-bond acceptors (Lipinski definition) is 3. The number of halogens is 1. The summed E-state index contributed by atoms with van der Waals surface area (Å²) in [5.74, 6) is 0. The fourth-order valence-corrected chi connectivity index (χ4v) is 0.313. The van der Waals surface area contributed by atoms with Gasteiger partial charge in [-0.1, -0.05) is 6.07 Å². The van der Waals surface area contributed by atoms with E-state index >= 15 is 0 Å². The Morgan fingerprint density at radius 1 is 1.00 bits per heavy atom. The first kappa shape index (κ1) is 14.0. The summed E-state index contributed by atoms with van der Waals surface area (Å²) in [5, 5.41) is 0. The third kappa shape index (κ3) is 22.7. The quantitative estimate of drug-likeness (QED) is 0.678. The predicted molar refractivity (Wildman–Crippen MR) is 48.7 cm³/mol. The molecule has 1 rings (SSSR count). The highest BCUT2D eigenvalue weighted by atomic mass is 79.9. The van der Waals surface area contributed by atoms with Crippen LogP contribution in [0.2, 0.25) is 0 Å². The smallest absolute Gasteiger partial charge is 0.265 e. The van der Waals surface area contributed by atoms with Gasteiger partial charge in [0.15, 0.2) is 0 Å². The molecule has 1 aromatic rings. The molecule has 0 atom stereocenters. The minimum Gasteiger partial charge on any atom is -0.265 e. The first-order chi connectivity index (χ1) is 5.00. The summed E-state index contributed by atoms with van der Waals surface area (Å²) in [6, 6.07) is 5.72. The van der Waals surface area contributed by atoms with Gasteiger partial charge in [0.1, 0.15) is 0 Å². The van der Waals surface area contributed by atoms with Gasteiger partial charge in [0.25, 0.3) is 0 Å². The molecule has 0 saturated carbocycles. The summed E-state index contributed by atoms with van der Waals surface area (Å²) >= 11 is 0. The second-order valence-electron chi connectivity index (χ2n) is 1.47. The van der Waals surface area contributed by atoms with Crippen molar-refractivity contribution in [3.8, 4) is 0 Å². The minimum absolute atomic E-state index is 0. The van der Waals surface area contributed by atoms with E-state index < -0.39 is 10.4 Å². The largest absolute Gasteiger partial charge is 0.394 e. The molecule has 1 aromatic heterocycles. The third-order valence-corrected chi connectivity index (χ3v) is 0.566.